The minimum atomic E-state index is -0.492. The van der Waals surface area contributed by atoms with Gasteiger partial charge in [-0.05, 0) is 13.3 Å². The number of aromatic nitrogens is 5. The number of carbonyl (C=O) groups excluding carboxylic acids is 1. The number of ether oxygens (including phenoxy) is 1. The maximum absolute atomic E-state index is 11.5. The molecular formula is C11H16N6O2. The Balaban J connectivity index is 1.92. The van der Waals surface area contributed by atoms with Crippen LogP contribution in [0.3, 0.4) is 0 Å². The largest absolute Gasteiger partial charge is 0.461 e. The predicted octanol–water partition coefficient (Wildman–Crippen LogP) is 0.393. The molecule has 8 heteroatoms. The molecule has 0 amide bonds. The van der Waals surface area contributed by atoms with Gasteiger partial charge in [0, 0.05) is 13.0 Å². The lowest BCUT2D eigenvalue weighted by Crippen LogP contribution is -2.10. The number of nitrogens with zero attached hydrogens (tertiary/aromatic N) is 4. The molecule has 3 N–H and O–H groups in total. The lowest BCUT2D eigenvalue weighted by Gasteiger charge is -2.04. The molecule has 0 aliphatic rings. The van der Waals surface area contributed by atoms with Crippen LogP contribution in [-0.4, -0.2) is 37.3 Å². The molecule has 0 radical (unpaired) electrons. The van der Waals surface area contributed by atoms with Gasteiger partial charge in [0.15, 0.2) is 5.69 Å². The quantitative estimate of drug-likeness (QED) is 0.730. The summed E-state index contributed by atoms with van der Waals surface area (Å²) in [5.41, 5.74) is 6.03. The van der Waals surface area contributed by atoms with E-state index in [2.05, 4.69) is 20.2 Å². The van der Waals surface area contributed by atoms with Crippen LogP contribution >= 0.6 is 0 Å². The van der Waals surface area contributed by atoms with Crippen molar-refractivity contribution in [3.63, 3.8) is 0 Å². The number of nitrogen functional groups attached to an aromatic ring is 1. The second-order valence-electron chi connectivity index (χ2n) is 3.93. The molecular weight excluding hydrogens is 248 g/mol. The van der Waals surface area contributed by atoms with Crippen LogP contribution in [0.5, 0.6) is 0 Å². The molecule has 102 valence electrons. The summed E-state index contributed by atoms with van der Waals surface area (Å²) in [6, 6.07) is 0. The first-order chi connectivity index (χ1) is 9.22. The molecule has 0 fully saturated rings. The summed E-state index contributed by atoms with van der Waals surface area (Å²) < 4.78 is 6.59. The van der Waals surface area contributed by atoms with Gasteiger partial charge in [-0.3, -0.25) is 5.10 Å². The highest BCUT2D eigenvalue weighted by molar-refractivity contribution is 5.92. The van der Waals surface area contributed by atoms with E-state index in [1.165, 1.54) is 6.33 Å². The SMILES string of the molecule is CCOC(=O)c1ncn(CCCc2ncn[nH]2)c1N. The van der Waals surface area contributed by atoms with E-state index in [0.29, 0.717) is 19.0 Å². The van der Waals surface area contributed by atoms with E-state index in [4.69, 9.17) is 10.5 Å². The number of esters is 1. The molecule has 2 aromatic heterocycles. The van der Waals surface area contributed by atoms with Gasteiger partial charge in [0.2, 0.25) is 0 Å². The molecule has 0 aliphatic carbocycles. The number of H-pyrrole nitrogens is 1. The van der Waals surface area contributed by atoms with Gasteiger partial charge in [0.05, 0.1) is 12.9 Å². The molecule has 0 spiro atoms. The van der Waals surface area contributed by atoms with E-state index in [1.807, 2.05) is 0 Å². The Labute approximate surface area is 110 Å². The van der Waals surface area contributed by atoms with Crippen LogP contribution in [0.2, 0.25) is 0 Å². The number of nitrogens with one attached hydrogen (secondary N) is 1. The van der Waals surface area contributed by atoms with Gasteiger partial charge < -0.3 is 15.0 Å². The second kappa shape index (κ2) is 5.98. The van der Waals surface area contributed by atoms with Crippen molar-refractivity contribution in [3.8, 4) is 0 Å². The molecule has 0 unspecified atom stereocenters. The van der Waals surface area contributed by atoms with E-state index in [1.54, 1.807) is 17.8 Å². The maximum Gasteiger partial charge on any atom is 0.360 e. The third-order valence-corrected chi connectivity index (χ3v) is 2.62. The van der Waals surface area contributed by atoms with Crippen LogP contribution in [0, 0.1) is 0 Å². The normalized spacial score (nSPS) is 10.6. The topological polar surface area (TPSA) is 112 Å². The summed E-state index contributed by atoms with van der Waals surface area (Å²) >= 11 is 0. The second-order valence-corrected chi connectivity index (χ2v) is 3.93. The monoisotopic (exact) mass is 264 g/mol. The summed E-state index contributed by atoms with van der Waals surface area (Å²) in [4.78, 5) is 19.5. The molecule has 0 saturated carbocycles. The number of hydrogen-bond acceptors (Lipinski definition) is 6. The van der Waals surface area contributed by atoms with Crippen molar-refractivity contribution < 1.29 is 9.53 Å². The van der Waals surface area contributed by atoms with Crippen molar-refractivity contribution in [1.29, 1.82) is 0 Å². The third-order valence-electron chi connectivity index (χ3n) is 2.62. The highest BCUT2D eigenvalue weighted by Crippen LogP contribution is 2.12. The molecule has 0 bridgehead atoms. The van der Waals surface area contributed by atoms with Gasteiger partial charge in [-0.2, -0.15) is 5.10 Å². The van der Waals surface area contributed by atoms with Crippen LogP contribution in [0.15, 0.2) is 12.7 Å². The van der Waals surface area contributed by atoms with Crippen molar-refractivity contribution >= 4 is 11.8 Å². The van der Waals surface area contributed by atoms with Gasteiger partial charge in [-0.1, -0.05) is 0 Å². The Hall–Kier alpha value is -2.38. The first-order valence-corrected chi connectivity index (χ1v) is 6.04. The fraction of sp³-hybridized carbons (Fsp3) is 0.455. The molecule has 8 nitrogen and oxygen atoms in total. The van der Waals surface area contributed by atoms with Crippen LogP contribution in [0.1, 0.15) is 29.7 Å². The Morgan fingerprint density at radius 3 is 3.05 bits per heavy atom. The van der Waals surface area contributed by atoms with Gasteiger partial charge >= 0.3 is 5.97 Å². The number of aryl methyl sites for hydroxylation is 2. The molecule has 0 atom stereocenters. The van der Waals surface area contributed by atoms with Crippen LogP contribution in [0.4, 0.5) is 5.82 Å². The van der Waals surface area contributed by atoms with E-state index in [0.717, 1.165) is 18.7 Å². The summed E-state index contributed by atoms with van der Waals surface area (Å²) in [5.74, 6) is 0.661. The minimum Gasteiger partial charge on any atom is -0.461 e. The lowest BCUT2D eigenvalue weighted by molar-refractivity contribution is 0.0521. The Bertz CT molecular complexity index is 533. The highest BCUT2D eigenvalue weighted by Gasteiger charge is 2.16. The minimum absolute atomic E-state index is 0.168. The molecule has 2 rings (SSSR count). The zero-order chi connectivity index (χ0) is 13.7. The number of carbonyl (C=O) groups is 1. The van der Waals surface area contributed by atoms with Gasteiger partial charge in [-0.15, -0.1) is 0 Å². The van der Waals surface area contributed by atoms with Crippen molar-refractivity contribution in [2.75, 3.05) is 12.3 Å². The third kappa shape index (κ3) is 3.09. The van der Waals surface area contributed by atoms with Crippen molar-refractivity contribution in [2.45, 2.75) is 26.3 Å². The van der Waals surface area contributed by atoms with E-state index < -0.39 is 5.97 Å². The number of hydrogen-bond donors (Lipinski definition) is 2. The van der Waals surface area contributed by atoms with E-state index >= 15 is 0 Å². The van der Waals surface area contributed by atoms with Crippen LogP contribution < -0.4 is 5.73 Å². The maximum atomic E-state index is 11.5. The van der Waals surface area contributed by atoms with Crippen molar-refractivity contribution in [3.05, 3.63) is 24.2 Å². The summed E-state index contributed by atoms with van der Waals surface area (Å²) in [5, 5.41) is 6.56. The van der Waals surface area contributed by atoms with Crippen molar-refractivity contribution in [1.82, 2.24) is 24.7 Å². The van der Waals surface area contributed by atoms with Gasteiger partial charge in [-0.25, -0.2) is 14.8 Å². The van der Waals surface area contributed by atoms with Crippen molar-refractivity contribution in [2.24, 2.45) is 0 Å². The smallest absolute Gasteiger partial charge is 0.360 e. The Morgan fingerprint density at radius 1 is 1.53 bits per heavy atom. The van der Waals surface area contributed by atoms with Crippen LogP contribution in [0.25, 0.3) is 0 Å². The fourth-order valence-corrected chi connectivity index (χ4v) is 1.69. The lowest BCUT2D eigenvalue weighted by atomic mass is 10.3. The predicted molar refractivity (Wildman–Crippen MR) is 67.3 cm³/mol. The van der Waals surface area contributed by atoms with E-state index in [9.17, 15) is 4.79 Å². The molecule has 2 aromatic rings. The number of aromatic amines is 1. The first kappa shape index (κ1) is 13.1. The number of imidazole rings is 1. The average Bonchev–Trinajstić information content (AvgIpc) is 3.01. The summed E-state index contributed by atoms with van der Waals surface area (Å²) in [7, 11) is 0. The molecule has 0 saturated heterocycles. The Kier molecular flexibility index (Phi) is 4.11. The van der Waals surface area contributed by atoms with Gasteiger partial charge in [0.1, 0.15) is 18.0 Å². The number of anilines is 1. The summed E-state index contributed by atoms with van der Waals surface area (Å²) in [6.45, 7) is 2.69. The molecule has 2 heterocycles. The molecule has 19 heavy (non-hydrogen) atoms. The molecule has 0 aromatic carbocycles. The summed E-state index contributed by atoms with van der Waals surface area (Å²) in [6.07, 6.45) is 4.59. The molecule has 0 aliphatic heterocycles. The van der Waals surface area contributed by atoms with E-state index in [-0.39, 0.29) is 5.69 Å². The zero-order valence-corrected chi connectivity index (χ0v) is 10.7. The van der Waals surface area contributed by atoms with Gasteiger partial charge in [0.25, 0.3) is 0 Å². The highest BCUT2D eigenvalue weighted by atomic mass is 16.5. The first-order valence-electron chi connectivity index (χ1n) is 6.04. The average molecular weight is 264 g/mol. The number of nitrogens with two attached hydrogens (primary N) is 1. The fourth-order valence-electron chi connectivity index (χ4n) is 1.69. The number of rotatable bonds is 6. The van der Waals surface area contributed by atoms with Crippen LogP contribution in [-0.2, 0) is 17.7 Å². The zero-order valence-electron chi connectivity index (χ0n) is 10.7. The Morgan fingerprint density at radius 2 is 2.37 bits per heavy atom. The standard InChI is InChI=1S/C11H16N6O2/c1-2-19-11(18)9-10(12)17(7-14-9)5-3-4-8-13-6-15-16-8/h6-7H,2-5,12H2,1H3,(H,13,15,16).